The van der Waals surface area contributed by atoms with E-state index in [1.807, 2.05) is 90.5 Å². The predicted octanol–water partition coefficient (Wildman–Crippen LogP) is 7.29. The molecule has 1 N–H and O–H groups in total. The molecule has 212 valence electrons. The number of hydrogen-bond donors (Lipinski definition) is 1. The second-order valence-electron chi connectivity index (χ2n) is 10.2. The van der Waals surface area contributed by atoms with Crippen LogP contribution < -0.4 is 10.2 Å². The Labute approximate surface area is 247 Å². The van der Waals surface area contributed by atoms with Crippen LogP contribution in [0.4, 0.5) is 27.3 Å². The van der Waals surface area contributed by atoms with Crippen molar-refractivity contribution in [2.24, 2.45) is 9.98 Å². The van der Waals surface area contributed by atoms with Crippen molar-refractivity contribution in [1.29, 1.82) is 0 Å². The number of aromatic nitrogens is 2. The molecule has 0 saturated heterocycles. The fourth-order valence-corrected chi connectivity index (χ4v) is 5.55. The van der Waals surface area contributed by atoms with Gasteiger partial charge in [-0.25, -0.2) is 23.9 Å². The lowest BCUT2D eigenvalue weighted by Crippen LogP contribution is -2.46. The number of amidine groups is 2. The summed E-state index contributed by atoms with van der Waals surface area (Å²) in [6.07, 6.45) is 0. The van der Waals surface area contributed by atoms with Crippen LogP contribution in [0, 0.1) is 12.7 Å². The number of nitrogens with zero attached hydrogens (tertiary/aromatic N) is 5. The first-order chi connectivity index (χ1) is 21.0. The molecule has 0 amide bonds. The van der Waals surface area contributed by atoms with Gasteiger partial charge in [0.25, 0.3) is 0 Å². The minimum absolute atomic E-state index is 0.306. The molecular weight excluding hydrogens is 543 g/mol. The van der Waals surface area contributed by atoms with Crippen LogP contribution in [-0.2, 0) is 4.74 Å². The monoisotopic (exact) mass is 570 g/mol. The second kappa shape index (κ2) is 10.7. The van der Waals surface area contributed by atoms with Crippen LogP contribution in [0.2, 0.25) is 0 Å². The van der Waals surface area contributed by atoms with Crippen LogP contribution in [0.25, 0.3) is 5.69 Å². The van der Waals surface area contributed by atoms with Gasteiger partial charge < -0.3 is 15.0 Å². The van der Waals surface area contributed by atoms with Gasteiger partial charge in [0.15, 0.2) is 17.5 Å². The maximum Gasteiger partial charge on any atom is 0.338 e. The summed E-state index contributed by atoms with van der Waals surface area (Å²) in [5.41, 5.74) is 6.33. The lowest BCUT2D eigenvalue weighted by atomic mass is 9.93. The molecule has 0 spiro atoms. The highest BCUT2D eigenvalue weighted by Crippen LogP contribution is 2.48. The summed E-state index contributed by atoms with van der Waals surface area (Å²) in [5.74, 6) is 1.11. The molecule has 0 aliphatic carbocycles. The van der Waals surface area contributed by atoms with Crippen molar-refractivity contribution in [3.63, 3.8) is 0 Å². The second-order valence-corrected chi connectivity index (χ2v) is 10.2. The quantitative estimate of drug-likeness (QED) is 0.224. The number of aliphatic imine (C=N–C) groups is 2. The molecule has 0 fully saturated rings. The molecule has 5 aromatic rings. The molecule has 7 rings (SSSR count). The van der Waals surface area contributed by atoms with Gasteiger partial charge in [-0.05, 0) is 80.1 Å². The van der Waals surface area contributed by atoms with E-state index in [-0.39, 0.29) is 17.8 Å². The molecule has 1 atom stereocenters. The average molecular weight is 571 g/mol. The molecule has 43 heavy (non-hydrogen) atoms. The molecule has 0 saturated carbocycles. The molecule has 2 aliphatic heterocycles. The van der Waals surface area contributed by atoms with E-state index in [0.29, 0.717) is 29.7 Å². The fraction of sp³-hybridized carbons (Fsp3) is 0.118. The van der Waals surface area contributed by atoms with Gasteiger partial charge in [-0.2, -0.15) is 5.10 Å². The van der Waals surface area contributed by atoms with Crippen molar-refractivity contribution < 1.29 is 13.9 Å². The van der Waals surface area contributed by atoms with Gasteiger partial charge in [-0.3, -0.25) is 0 Å². The molecule has 0 bridgehead atoms. The Morgan fingerprint density at radius 1 is 0.907 bits per heavy atom. The number of rotatable bonds is 5. The van der Waals surface area contributed by atoms with Crippen LogP contribution in [0.5, 0.6) is 0 Å². The molecule has 8 nitrogen and oxygen atoms in total. The zero-order chi connectivity index (χ0) is 29.5. The van der Waals surface area contributed by atoms with Crippen molar-refractivity contribution in [3.8, 4) is 5.69 Å². The van der Waals surface area contributed by atoms with Crippen LogP contribution in [-0.4, -0.2) is 34.0 Å². The van der Waals surface area contributed by atoms with Crippen LogP contribution in [0.15, 0.2) is 113 Å². The summed E-state index contributed by atoms with van der Waals surface area (Å²) in [6, 6.07) is 31.0. The van der Waals surface area contributed by atoms with Crippen molar-refractivity contribution in [1.82, 2.24) is 9.78 Å². The summed E-state index contributed by atoms with van der Waals surface area (Å²) in [7, 11) is 0. The first kappa shape index (κ1) is 26.3. The number of benzene rings is 4. The molecule has 3 heterocycles. The van der Waals surface area contributed by atoms with Crippen molar-refractivity contribution >= 4 is 40.5 Å². The molecule has 2 aliphatic rings. The van der Waals surface area contributed by atoms with E-state index in [2.05, 4.69) is 10.2 Å². The van der Waals surface area contributed by atoms with Gasteiger partial charge in [0, 0.05) is 11.3 Å². The van der Waals surface area contributed by atoms with Gasteiger partial charge >= 0.3 is 5.97 Å². The number of para-hydroxylation sites is 3. The van der Waals surface area contributed by atoms with E-state index >= 15 is 0 Å². The van der Waals surface area contributed by atoms with E-state index in [1.54, 1.807) is 19.1 Å². The van der Waals surface area contributed by atoms with Crippen molar-refractivity contribution in [2.45, 2.75) is 19.9 Å². The minimum atomic E-state index is -0.375. The van der Waals surface area contributed by atoms with E-state index in [4.69, 9.17) is 19.8 Å². The SMILES string of the molecule is CCOC(=O)c1ccc(NC2=Nc3ccccc3N3C2=Nc2c(c(C)nn2-c2ccccc2)[C@@H]3c2ccc(F)cc2)cc1. The Bertz CT molecular complexity index is 1900. The normalized spacial score (nSPS) is 15.0. The Hall–Kier alpha value is -5.57. The Morgan fingerprint density at radius 3 is 2.37 bits per heavy atom. The van der Waals surface area contributed by atoms with E-state index in [1.165, 1.54) is 12.1 Å². The van der Waals surface area contributed by atoms with Gasteiger partial charge in [-0.15, -0.1) is 0 Å². The van der Waals surface area contributed by atoms with Crippen LogP contribution in [0.3, 0.4) is 0 Å². The Kier molecular flexibility index (Phi) is 6.54. The number of halogens is 1. The van der Waals surface area contributed by atoms with E-state index < -0.39 is 0 Å². The number of hydrogen-bond acceptors (Lipinski definition) is 7. The largest absolute Gasteiger partial charge is 0.462 e. The Morgan fingerprint density at radius 2 is 1.63 bits per heavy atom. The maximum absolute atomic E-state index is 14.1. The molecule has 4 aromatic carbocycles. The number of anilines is 2. The third-order valence-electron chi connectivity index (χ3n) is 7.48. The third kappa shape index (κ3) is 4.64. The first-order valence-electron chi connectivity index (χ1n) is 14.0. The smallest absolute Gasteiger partial charge is 0.338 e. The predicted molar refractivity (Wildman–Crippen MR) is 166 cm³/mol. The van der Waals surface area contributed by atoms with Crippen molar-refractivity contribution in [2.75, 3.05) is 16.8 Å². The number of esters is 1. The number of ether oxygens (including phenoxy) is 1. The molecule has 9 heteroatoms. The zero-order valence-corrected chi connectivity index (χ0v) is 23.5. The highest BCUT2D eigenvalue weighted by molar-refractivity contribution is 6.51. The highest BCUT2D eigenvalue weighted by Gasteiger charge is 2.41. The maximum atomic E-state index is 14.1. The summed E-state index contributed by atoms with van der Waals surface area (Å²) >= 11 is 0. The lowest BCUT2D eigenvalue weighted by molar-refractivity contribution is 0.0526. The number of carbonyl (C=O) groups is 1. The van der Waals surface area contributed by atoms with E-state index in [9.17, 15) is 9.18 Å². The van der Waals surface area contributed by atoms with Gasteiger partial charge in [0.2, 0.25) is 0 Å². The number of aryl methyl sites for hydroxylation is 1. The number of fused-ring (bicyclic) bond motifs is 4. The third-order valence-corrected chi connectivity index (χ3v) is 7.48. The highest BCUT2D eigenvalue weighted by atomic mass is 19.1. The summed E-state index contributed by atoms with van der Waals surface area (Å²) in [6.45, 7) is 4.06. The van der Waals surface area contributed by atoms with Gasteiger partial charge in [0.1, 0.15) is 5.82 Å². The van der Waals surface area contributed by atoms with Crippen LogP contribution >= 0.6 is 0 Å². The van der Waals surface area contributed by atoms with Gasteiger partial charge in [-0.1, -0.05) is 42.5 Å². The minimum Gasteiger partial charge on any atom is -0.462 e. The van der Waals surface area contributed by atoms with Crippen molar-refractivity contribution in [3.05, 3.63) is 131 Å². The first-order valence-corrected chi connectivity index (χ1v) is 14.0. The Balaban J connectivity index is 1.41. The van der Waals surface area contributed by atoms with Crippen LogP contribution in [0.1, 0.15) is 40.1 Å². The standard InChI is InChI=1S/C34H27FN6O2/c1-3-43-34(42)23-15-19-25(20-16-23)36-31-33-38-32-29(21(2)39-41(32)26-9-5-4-6-10-26)30(22-13-17-24(35)18-14-22)40(33)28-12-8-7-11-27(28)37-31/h4-20,30H,3H2,1-2H3,(H,36,37)/t30-/m0/s1. The topological polar surface area (TPSA) is 84.1 Å². The summed E-state index contributed by atoms with van der Waals surface area (Å²) in [4.78, 5) is 24.5. The van der Waals surface area contributed by atoms with E-state index in [0.717, 1.165) is 39.6 Å². The average Bonchev–Trinajstić information content (AvgIpc) is 3.37. The number of carbonyl (C=O) groups excluding carboxylic acids is 1. The molecule has 1 aromatic heterocycles. The molecule has 0 radical (unpaired) electrons. The summed E-state index contributed by atoms with van der Waals surface area (Å²) < 4.78 is 21.1. The number of nitrogens with one attached hydrogen (secondary N) is 1. The zero-order valence-electron chi connectivity index (χ0n) is 23.5. The molecular formula is C34H27FN6O2. The lowest BCUT2D eigenvalue weighted by Gasteiger charge is -2.40. The fourth-order valence-electron chi connectivity index (χ4n) is 5.55. The van der Waals surface area contributed by atoms with Gasteiger partial charge in [0.05, 0.1) is 41.0 Å². The summed E-state index contributed by atoms with van der Waals surface area (Å²) in [5, 5.41) is 8.36. The molecule has 0 unspecified atom stereocenters.